The van der Waals surface area contributed by atoms with E-state index in [0.29, 0.717) is 37.0 Å². The third kappa shape index (κ3) is 2.72. The van der Waals surface area contributed by atoms with Gasteiger partial charge in [-0.05, 0) is 31.0 Å². The molecule has 2 heterocycles. The number of hydrogen-bond donors (Lipinski definition) is 2. The number of benzene rings is 1. The van der Waals surface area contributed by atoms with E-state index in [1.807, 2.05) is 6.07 Å². The van der Waals surface area contributed by atoms with E-state index in [1.165, 1.54) is 11.3 Å². The highest BCUT2D eigenvalue weighted by Gasteiger charge is 2.27. The summed E-state index contributed by atoms with van der Waals surface area (Å²) in [6.07, 6.45) is 2.59. The Morgan fingerprint density at radius 3 is 3.05 bits per heavy atom. The van der Waals surface area contributed by atoms with Gasteiger partial charge >= 0.3 is 0 Å². The molecule has 0 bridgehead atoms. The Balaban J connectivity index is 1.80. The van der Waals surface area contributed by atoms with Crippen molar-refractivity contribution in [2.45, 2.75) is 25.9 Å². The molecular formula is C17H21N3O2. The average molecular weight is 299 g/mol. The lowest BCUT2D eigenvalue weighted by atomic mass is 10.1. The predicted octanol–water partition coefficient (Wildman–Crippen LogP) is 1.92. The molecule has 0 saturated heterocycles. The van der Waals surface area contributed by atoms with Gasteiger partial charge in [0.25, 0.3) is 5.91 Å². The Bertz CT molecular complexity index is 665. The number of carbonyl (C=O) groups is 1. The van der Waals surface area contributed by atoms with Gasteiger partial charge in [0.1, 0.15) is 5.76 Å². The minimum atomic E-state index is -0.130. The van der Waals surface area contributed by atoms with Crippen LogP contribution in [0.25, 0.3) is 0 Å². The highest BCUT2D eigenvalue weighted by atomic mass is 16.3. The highest BCUT2D eigenvalue weighted by molar-refractivity contribution is 5.95. The summed E-state index contributed by atoms with van der Waals surface area (Å²) in [6, 6.07) is 10.5. The number of carbonyl (C=O) groups excluding carboxylic acids is 1. The molecule has 5 heteroatoms. The standard InChI is InChI=1S/C17H21N3O2/c1-12-10-13-4-2-3-5-15(13)20(12)11-16-14(6-9-22-16)17(21)19-8-7-18/h2-6,9,12H,7-8,10-11,18H2,1H3,(H,19,21)/t12-/m1/s1. The first-order chi connectivity index (χ1) is 10.7. The van der Waals surface area contributed by atoms with Gasteiger partial charge in [-0.15, -0.1) is 0 Å². The van der Waals surface area contributed by atoms with Crippen LogP contribution in [0.4, 0.5) is 5.69 Å². The molecule has 0 saturated carbocycles. The van der Waals surface area contributed by atoms with Gasteiger partial charge in [0.15, 0.2) is 0 Å². The average Bonchev–Trinajstić information content (AvgIpc) is 3.10. The minimum Gasteiger partial charge on any atom is -0.467 e. The van der Waals surface area contributed by atoms with Crippen molar-refractivity contribution in [3.63, 3.8) is 0 Å². The van der Waals surface area contributed by atoms with Crippen molar-refractivity contribution in [3.8, 4) is 0 Å². The van der Waals surface area contributed by atoms with Gasteiger partial charge in [-0.1, -0.05) is 18.2 Å². The maximum absolute atomic E-state index is 12.1. The third-order valence-corrected chi connectivity index (χ3v) is 4.08. The molecule has 3 N–H and O–H groups in total. The number of nitrogens with two attached hydrogens (primary N) is 1. The van der Waals surface area contributed by atoms with Crippen molar-refractivity contribution >= 4 is 11.6 Å². The fourth-order valence-corrected chi connectivity index (χ4v) is 2.97. The van der Waals surface area contributed by atoms with E-state index in [4.69, 9.17) is 10.2 Å². The predicted molar refractivity (Wildman–Crippen MR) is 85.9 cm³/mol. The van der Waals surface area contributed by atoms with Crippen molar-refractivity contribution in [3.05, 3.63) is 53.5 Å². The monoisotopic (exact) mass is 299 g/mol. The summed E-state index contributed by atoms with van der Waals surface area (Å²) in [7, 11) is 0. The molecule has 0 radical (unpaired) electrons. The first kappa shape index (κ1) is 14.7. The molecule has 1 aliphatic rings. The summed E-state index contributed by atoms with van der Waals surface area (Å²) < 4.78 is 5.56. The fraction of sp³-hybridized carbons (Fsp3) is 0.353. The van der Waals surface area contributed by atoms with E-state index >= 15 is 0 Å². The summed E-state index contributed by atoms with van der Waals surface area (Å²) in [5.41, 5.74) is 8.58. The Morgan fingerprint density at radius 1 is 1.41 bits per heavy atom. The van der Waals surface area contributed by atoms with E-state index in [2.05, 4.69) is 35.3 Å². The quantitative estimate of drug-likeness (QED) is 0.885. The van der Waals surface area contributed by atoms with Gasteiger partial charge in [0.2, 0.25) is 0 Å². The lowest BCUT2D eigenvalue weighted by Gasteiger charge is -2.24. The number of furan rings is 1. The molecule has 0 aliphatic carbocycles. The Labute approximate surface area is 130 Å². The molecule has 1 amide bonds. The third-order valence-electron chi connectivity index (χ3n) is 4.08. The Kier molecular flexibility index (Phi) is 4.15. The minimum absolute atomic E-state index is 0.130. The van der Waals surface area contributed by atoms with Gasteiger partial charge in [0.05, 0.1) is 18.4 Å². The summed E-state index contributed by atoms with van der Waals surface area (Å²) in [5, 5.41) is 2.79. The van der Waals surface area contributed by atoms with Crippen molar-refractivity contribution in [2.75, 3.05) is 18.0 Å². The molecule has 116 valence electrons. The summed E-state index contributed by atoms with van der Waals surface area (Å²) in [6.45, 7) is 3.68. The van der Waals surface area contributed by atoms with E-state index in [1.54, 1.807) is 12.3 Å². The van der Waals surface area contributed by atoms with Crippen LogP contribution < -0.4 is 16.0 Å². The van der Waals surface area contributed by atoms with Crippen LogP contribution in [0.3, 0.4) is 0 Å². The highest BCUT2D eigenvalue weighted by Crippen LogP contribution is 2.33. The SMILES string of the molecule is C[C@@H]1Cc2ccccc2N1Cc1occc1C(=O)NCCN. The topological polar surface area (TPSA) is 71.5 Å². The van der Waals surface area contributed by atoms with Crippen LogP contribution in [0, 0.1) is 0 Å². The molecule has 0 fully saturated rings. The van der Waals surface area contributed by atoms with Crippen molar-refractivity contribution in [1.29, 1.82) is 0 Å². The van der Waals surface area contributed by atoms with Gasteiger partial charge in [-0.2, -0.15) is 0 Å². The summed E-state index contributed by atoms with van der Waals surface area (Å²) >= 11 is 0. The molecule has 5 nitrogen and oxygen atoms in total. The van der Waals surface area contributed by atoms with Crippen molar-refractivity contribution in [2.24, 2.45) is 5.73 Å². The van der Waals surface area contributed by atoms with Crippen LogP contribution in [0.1, 0.15) is 28.6 Å². The molecule has 1 aliphatic heterocycles. The lowest BCUT2D eigenvalue weighted by molar-refractivity contribution is 0.0952. The maximum atomic E-state index is 12.1. The molecule has 1 atom stereocenters. The number of nitrogens with zero attached hydrogens (tertiary/aromatic N) is 1. The molecule has 1 aromatic carbocycles. The second-order valence-corrected chi connectivity index (χ2v) is 5.61. The fourth-order valence-electron chi connectivity index (χ4n) is 2.97. The zero-order chi connectivity index (χ0) is 15.5. The number of amides is 1. The molecule has 3 rings (SSSR count). The Morgan fingerprint density at radius 2 is 2.23 bits per heavy atom. The van der Waals surface area contributed by atoms with Crippen LogP contribution in [-0.2, 0) is 13.0 Å². The first-order valence-corrected chi connectivity index (χ1v) is 7.60. The van der Waals surface area contributed by atoms with Crippen LogP contribution in [0.15, 0.2) is 41.0 Å². The molecular weight excluding hydrogens is 278 g/mol. The smallest absolute Gasteiger partial charge is 0.254 e. The molecule has 0 spiro atoms. The van der Waals surface area contributed by atoms with E-state index in [-0.39, 0.29) is 5.91 Å². The van der Waals surface area contributed by atoms with Crippen LogP contribution >= 0.6 is 0 Å². The Hall–Kier alpha value is -2.27. The van der Waals surface area contributed by atoms with Crippen LogP contribution in [0.5, 0.6) is 0 Å². The lowest BCUT2D eigenvalue weighted by Crippen LogP contribution is -2.32. The van der Waals surface area contributed by atoms with Gasteiger partial charge < -0.3 is 20.4 Å². The van der Waals surface area contributed by atoms with E-state index in [9.17, 15) is 4.79 Å². The van der Waals surface area contributed by atoms with E-state index in [0.717, 1.165) is 6.42 Å². The molecule has 2 aromatic rings. The number of para-hydroxylation sites is 1. The summed E-state index contributed by atoms with van der Waals surface area (Å²) in [4.78, 5) is 14.4. The van der Waals surface area contributed by atoms with Gasteiger partial charge in [-0.25, -0.2) is 0 Å². The first-order valence-electron chi connectivity index (χ1n) is 7.60. The number of hydrogen-bond acceptors (Lipinski definition) is 4. The molecule has 1 aromatic heterocycles. The maximum Gasteiger partial charge on any atom is 0.254 e. The van der Waals surface area contributed by atoms with Crippen molar-refractivity contribution in [1.82, 2.24) is 5.32 Å². The largest absolute Gasteiger partial charge is 0.467 e. The van der Waals surface area contributed by atoms with Crippen molar-refractivity contribution < 1.29 is 9.21 Å². The van der Waals surface area contributed by atoms with Crippen LogP contribution in [0.2, 0.25) is 0 Å². The normalized spacial score (nSPS) is 16.6. The second kappa shape index (κ2) is 6.23. The summed E-state index contributed by atoms with van der Waals surface area (Å²) in [5.74, 6) is 0.562. The second-order valence-electron chi connectivity index (χ2n) is 5.61. The number of rotatable bonds is 5. The number of nitrogens with one attached hydrogen (secondary N) is 1. The zero-order valence-electron chi connectivity index (χ0n) is 12.7. The number of anilines is 1. The van der Waals surface area contributed by atoms with Crippen LogP contribution in [-0.4, -0.2) is 25.0 Å². The number of fused-ring (bicyclic) bond motifs is 1. The van der Waals surface area contributed by atoms with E-state index < -0.39 is 0 Å². The molecule has 0 unspecified atom stereocenters. The molecule has 22 heavy (non-hydrogen) atoms. The zero-order valence-corrected chi connectivity index (χ0v) is 12.7. The van der Waals surface area contributed by atoms with Gasteiger partial charge in [-0.3, -0.25) is 4.79 Å². The van der Waals surface area contributed by atoms with Gasteiger partial charge in [0, 0.05) is 24.8 Å².